The second-order valence-electron chi connectivity index (χ2n) is 9.41. The molecule has 0 amide bonds. The van der Waals surface area contributed by atoms with E-state index in [-0.39, 0.29) is 16.4 Å². The first kappa shape index (κ1) is 29.1. The number of benzene rings is 4. The third-order valence-electron chi connectivity index (χ3n) is 6.52. The third kappa shape index (κ3) is 7.85. The van der Waals surface area contributed by atoms with Crippen molar-refractivity contribution in [3.8, 4) is 17.2 Å². The SMILES string of the molecule is COc1ccc(S(=O)(=O)c2ccc(CCN(Cc3ccccc3)C[C@H](O)COc3ccccc3)cc2)cc1OC. The Bertz CT molecular complexity index is 1440. The number of para-hydroxylation sites is 1. The Labute approximate surface area is 236 Å². The summed E-state index contributed by atoms with van der Waals surface area (Å²) in [4.78, 5) is 2.53. The van der Waals surface area contributed by atoms with Gasteiger partial charge in [-0.05, 0) is 53.9 Å². The van der Waals surface area contributed by atoms with Crippen LogP contribution in [0.25, 0.3) is 0 Å². The highest BCUT2D eigenvalue weighted by Gasteiger charge is 2.20. The van der Waals surface area contributed by atoms with Crippen LogP contribution < -0.4 is 14.2 Å². The molecule has 40 heavy (non-hydrogen) atoms. The molecule has 0 saturated carbocycles. The molecule has 0 saturated heterocycles. The van der Waals surface area contributed by atoms with E-state index in [2.05, 4.69) is 17.0 Å². The van der Waals surface area contributed by atoms with Crippen LogP contribution >= 0.6 is 0 Å². The molecular weight excluding hydrogens is 526 g/mol. The van der Waals surface area contributed by atoms with E-state index < -0.39 is 15.9 Å². The van der Waals surface area contributed by atoms with Crippen LogP contribution in [-0.4, -0.2) is 58.4 Å². The molecule has 4 aromatic rings. The Hall–Kier alpha value is -3.85. The molecule has 0 heterocycles. The molecular formula is C32H35NO6S. The minimum absolute atomic E-state index is 0.138. The van der Waals surface area contributed by atoms with E-state index in [1.165, 1.54) is 26.4 Å². The zero-order valence-corrected chi connectivity index (χ0v) is 23.6. The lowest BCUT2D eigenvalue weighted by Crippen LogP contribution is -2.36. The number of aliphatic hydroxyl groups is 1. The van der Waals surface area contributed by atoms with Crippen LogP contribution in [0.4, 0.5) is 0 Å². The molecule has 7 nitrogen and oxygen atoms in total. The van der Waals surface area contributed by atoms with Crippen LogP contribution in [0.2, 0.25) is 0 Å². The molecule has 4 aromatic carbocycles. The molecule has 4 rings (SSSR count). The molecule has 0 aliphatic carbocycles. The summed E-state index contributed by atoms with van der Waals surface area (Å²) in [7, 11) is -0.747. The van der Waals surface area contributed by atoms with Crippen molar-refractivity contribution in [2.75, 3.05) is 33.9 Å². The van der Waals surface area contributed by atoms with Gasteiger partial charge in [0.25, 0.3) is 0 Å². The average Bonchev–Trinajstić information content (AvgIpc) is 2.99. The Morgan fingerprint density at radius 1 is 0.750 bits per heavy atom. The number of nitrogens with zero attached hydrogens (tertiary/aromatic N) is 1. The van der Waals surface area contributed by atoms with Gasteiger partial charge < -0.3 is 19.3 Å². The summed E-state index contributed by atoms with van der Waals surface area (Å²) < 4.78 is 42.7. The minimum Gasteiger partial charge on any atom is -0.493 e. The van der Waals surface area contributed by atoms with E-state index in [0.29, 0.717) is 37.6 Å². The normalized spacial score (nSPS) is 12.2. The van der Waals surface area contributed by atoms with Crippen molar-refractivity contribution in [1.82, 2.24) is 4.90 Å². The highest BCUT2D eigenvalue weighted by atomic mass is 32.2. The predicted molar refractivity (Wildman–Crippen MR) is 155 cm³/mol. The summed E-state index contributed by atoms with van der Waals surface area (Å²) >= 11 is 0. The summed E-state index contributed by atoms with van der Waals surface area (Å²) in [5, 5.41) is 10.7. The molecule has 8 heteroatoms. The second-order valence-corrected chi connectivity index (χ2v) is 11.4. The molecule has 0 aliphatic rings. The van der Waals surface area contributed by atoms with Gasteiger partial charge in [-0.3, -0.25) is 4.90 Å². The van der Waals surface area contributed by atoms with Crippen LogP contribution in [0.3, 0.4) is 0 Å². The molecule has 0 fully saturated rings. The predicted octanol–water partition coefficient (Wildman–Crippen LogP) is 5.02. The monoisotopic (exact) mass is 561 g/mol. The van der Waals surface area contributed by atoms with E-state index >= 15 is 0 Å². The first-order chi connectivity index (χ1) is 19.4. The molecule has 0 aliphatic heterocycles. The minimum atomic E-state index is -3.72. The van der Waals surface area contributed by atoms with Gasteiger partial charge >= 0.3 is 0 Å². The molecule has 0 radical (unpaired) electrons. The molecule has 210 valence electrons. The number of aliphatic hydroxyl groups excluding tert-OH is 1. The van der Waals surface area contributed by atoms with Crippen LogP contribution in [-0.2, 0) is 22.8 Å². The van der Waals surface area contributed by atoms with E-state index in [1.807, 2.05) is 60.7 Å². The molecule has 1 atom stereocenters. The van der Waals surface area contributed by atoms with Crippen LogP contribution in [0.5, 0.6) is 17.2 Å². The fraction of sp³-hybridized carbons (Fsp3) is 0.250. The van der Waals surface area contributed by atoms with E-state index in [4.69, 9.17) is 14.2 Å². The topological polar surface area (TPSA) is 85.3 Å². The number of hydrogen-bond acceptors (Lipinski definition) is 7. The van der Waals surface area contributed by atoms with Crippen LogP contribution in [0.1, 0.15) is 11.1 Å². The first-order valence-electron chi connectivity index (χ1n) is 13.1. The van der Waals surface area contributed by atoms with E-state index in [0.717, 1.165) is 16.9 Å². The maximum Gasteiger partial charge on any atom is 0.206 e. The number of methoxy groups -OCH3 is 2. The number of ether oxygens (including phenoxy) is 3. The Morgan fingerprint density at radius 3 is 2.02 bits per heavy atom. The lowest BCUT2D eigenvalue weighted by molar-refractivity contribution is 0.0659. The van der Waals surface area contributed by atoms with Gasteiger partial charge in [0.15, 0.2) is 11.5 Å². The Balaban J connectivity index is 1.41. The second kappa shape index (κ2) is 14.0. The zero-order valence-electron chi connectivity index (χ0n) is 22.8. The lowest BCUT2D eigenvalue weighted by Gasteiger charge is -2.25. The van der Waals surface area contributed by atoms with Gasteiger partial charge in [-0.2, -0.15) is 0 Å². The van der Waals surface area contributed by atoms with Gasteiger partial charge in [0.1, 0.15) is 18.5 Å². The van der Waals surface area contributed by atoms with E-state index in [1.54, 1.807) is 18.2 Å². The van der Waals surface area contributed by atoms with Gasteiger partial charge in [0.2, 0.25) is 9.84 Å². The van der Waals surface area contributed by atoms with Gasteiger partial charge in [0.05, 0.1) is 24.0 Å². The third-order valence-corrected chi connectivity index (χ3v) is 8.29. The Morgan fingerprint density at radius 2 is 1.38 bits per heavy atom. The first-order valence-corrected chi connectivity index (χ1v) is 14.6. The van der Waals surface area contributed by atoms with Gasteiger partial charge in [-0.25, -0.2) is 8.42 Å². The molecule has 0 bridgehead atoms. The highest BCUT2D eigenvalue weighted by Crippen LogP contribution is 2.32. The fourth-order valence-corrected chi connectivity index (χ4v) is 5.65. The molecule has 1 N–H and O–H groups in total. The molecule has 0 unspecified atom stereocenters. The van der Waals surface area contributed by atoms with E-state index in [9.17, 15) is 13.5 Å². The average molecular weight is 562 g/mol. The van der Waals surface area contributed by atoms with Crippen molar-refractivity contribution in [3.05, 3.63) is 114 Å². The van der Waals surface area contributed by atoms with Crippen molar-refractivity contribution < 1.29 is 27.7 Å². The lowest BCUT2D eigenvalue weighted by atomic mass is 10.1. The van der Waals surface area contributed by atoms with Gasteiger partial charge in [-0.1, -0.05) is 60.7 Å². The smallest absolute Gasteiger partial charge is 0.206 e. The standard InChI is InChI=1S/C32H35NO6S/c1-37-31-18-17-30(21-32(31)38-2)40(35,36)29-15-13-25(14-16-29)19-20-33(22-26-9-5-3-6-10-26)23-27(34)24-39-28-11-7-4-8-12-28/h3-18,21,27,34H,19-20,22-24H2,1-2H3/t27-/m0/s1. The van der Waals surface area contributed by atoms with Crippen LogP contribution in [0.15, 0.2) is 113 Å². The van der Waals surface area contributed by atoms with Crippen molar-refractivity contribution in [1.29, 1.82) is 0 Å². The van der Waals surface area contributed by atoms with Crippen molar-refractivity contribution in [2.45, 2.75) is 28.9 Å². The maximum atomic E-state index is 13.2. The van der Waals surface area contributed by atoms with Crippen molar-refractivity contribution in [2.24, 2.45) is 0 Å². The van der Waals surface area contributed by atoms with Gasteiger partial charge in [0, 0.05) is 25.7 Å². The summed E-state index contributed by atoms with van der Waals surface area (Å²) in [6, 6.07) is 31.0. The van der Waals surface area contributed by atoms with Gasteiger partial charge in [-0.15, -0.1) is 0 Å². The highest BCUT2D eigenvalue weighted by molar-refractivity contribution is 7.91. The fourth-order valence-electron chi connectivity index (χ4n) is 4.38. The largest absolute Gasteiger partial charge is 0.493 e. The quantitative estimate of drug-likeness (QED) is 0.231. The Kier molecular flexibility index (Phi) is 10.2. The van der Waals surface area contributed by atoms with Crippen molar-refractivity contribution >= 4 is 9.84 Å². The number of rotatable bonds is 14. The summed E-state index contributed by atoms with van der Waals surface area (Å²) in [6.07, 6.45) is 0.0217. The zero-order chi connectivity index (χ0) is 28.4. The number of hydrogen-bond donors (Lipinski definition) is 1. The maximum absolute atomic E-state index is 13.2. The number of sulfone groups is 1. The molecule has 0 spiro atoms. The molecule has 0 aromatic heterocycles. The summed E-state index contributed by atoms with van der Waals surface area (Å²) in [5.74, 6) is 1.54. The van der Waals surface area contributed by atoms with Crippen molar-refractivity contribution in [3.63, 3.8) is 0 Å². The summed E-state index contributed by atoms with van der Waals surface area (Å²) in [6.45, 7) is 1.99. The van der Waals surface area contributed by atoms with Crippen LogP contribution in [0, 0.1) is 0 Å². The summed E-state index contributed by atoms with van der Waals surface area (Å²) in [5.41, 5.74) is 2.15.